The Morgan fingerprint density at radius 2 is 1.79 bits per heavy atom. The minimum absolute atomic E-state index is 0.380. The van der Waals surface area contributed by atoms with Crippen LogP contribution in [-0.4, -0.2) is 87.3 Å². The molecule has 1 heterocycles. The van der Waals surface area contributed by atoms with E-state index in [9.17, 15) is 0 Å². The first kappa shape index (κ1) is 16.9. The van der Waals surface area contributed by atoms with Crippen molar-refractivity contribution in [1.82, 2.24) is 14.7 Å². The van der Waals surface area contributed by atoms with Gasteiger partial charge in [0.25, 0.3) is 0 Å². The molecule has 4 nitrogen and oxygen atoms in total. The quantitative estimate of drug-likeness (QED) is 0.664. The largest absolute Gasteiger partial charge is 0.377 e. The van der Waals surface area contributed by atoms with Crippen LogP contribution in [0.1, 0.15) is 26.7 Å². The van der Waals surface area contributed by atoms with Crippen molar-refractivity contribution in [2.45, 2.75) is 32.8 Å². The molecule has 114 valence electrons. The van der Waals surface area contributed by atoms with Crippen molar-refractivity contribution in [3.8, 4) is 0 Å². The molecule has 1 aliphatic heterocycles. The molecule has 1 unspecified atom stereocenters. The first-order valence-electron chi connectivity index (χ1n) is 7.83. The lowest BCUT2D eigenvalue weighted by atomic mass is 10.2. The van der Waals surface area contributed by atoms with Crippen molar-refractivity contribution >= 4 is 0 Å². The molecule has 4 heteroatoms. The van der Waals surface area contributed by atoms with E-state index in [1.54, 1.807) is 0 Å². The number of rotatable bonds is 8. The number of likely N-dealkylation sites (N-methyl/N-ethyl adjacent to an activating group) is 2. The smallest absolute Gasteiger partial charge is 0.0596 e. The second kappa shape index (κ2) is 9.70. The van der Waals surface area contributed by atoms with Crippen molar-refractivity contribution < 1.29 is 4.74 Å². The molecule has 0 spiro atoms. The Bertz CT molecular complexity index is 223. The van der Waals surface area contributed by atoms with Gasteiger partial charge in [-0.1, -0.05) is 6.92 Å². The summed E-state index contributed by atoms with van der Waals surface area (Å²) in [5.74, 6) is 0. The zero-order valence-electron chi connectivity index (χ0n) is 13.4. The van der Waals surface area contributed by atoms with Gasteiger partial charge in [-0.3, -0.25) is 0 Å². The molecule has 1 fully saturated rings. The van der Waals surface area contributed by atoms with E-state index < -0.39 is 0 Å². The highest BCUT2D eigenvalue weighted by molar-refractivity contribution is 4.69. The Kier molecular flexibility index (Phi) is 8.62. The summed E-state index contributed by atoms with van der Waals surface area (Å²) in [5, 5.41) is 0. The second-order valence-electron chi connectivity index (χ2n) is 5.90. The highest BCUT2D eigenvalue weighted by atomic mass is 16.5. The fraction of sp³-hybridized carbons (Fsp3) is 1.00. The van der Waals surface area contributed by atoms with Crippen LogP contribution in [0.2, 0.25) is 0 Å². The van der Waals surface area contributed by atoms with Gasteiger partial charge in [-0.05, 0) is 53.5 Å². The lowest BCUT2D eigenvalue weighted by Crippen LogP contribution is -2.32. The minimum atomic E-state index is 0.380. The van der Waals surface area contributed by atoms with E-state index in [0.29, 0.717) is 6.10 Å². The molecule has 0 bridgehead atoms. The third kappa shape index (κ3) is 7.88. The molecule has 1 rings (SSSR count). The average molecular weight is 271 g/mol. The van der Waals surface area contributed by atoms with Crippen LogP contribution in [0, 0.1) is 0 Å². The predicted octanol–water partition coefficient (Wildman–Crippen LogP) is 1.37. The standard InChI is InChI=1S/C15H33N3O/c1-5-17-8-6-9-18(12-11-17)10-7-15(2)19-14-13-16(3)4/h15H,5-14H2,1-4H3. The molecule has 0 N–H and O–H groups in total. The third-order valence-electron chi connectivity index (χ3n) is 3.92. The van der Waals surface area contributed by atoms with Gasteiger partial charge in [0.1, 0.15) is 0 Å². The number of ether oxygens (including phenoxy) is 1. The van der Waals surface area contributed by atoms with Crippen LogP contribution in [0.5, 0.6) is 0 Å². The Hall–Kier alpha value is -0.160. The molecule has 0 aliphatic carbocycles. The van der Waals surface area contributed by atoms with Crippen LogP contribution in [0.25, 0.3) is 0 Å². The number of hydrogen-bond acceptors (Lipinski definition) is 4. The van der Waals surface area contributed by atoms with Crippen molar-refractivity contribution in [3.05, 3.63) is 0 Å². The van der Waals surface area contributed by atoms with E-state index in [2.05, 4.69) is 42.6 Å². The monoisotopic (exact) mass is 271 g/mol. The van der Waals surface area contributed by atoms with E-state index >= 15 is 0 Å². The summed E-state index contributed by atoms with van der Waals surface area (Å²) in [4.78, 5) is 7.32. The molecule has 1 atom stereocenters. The van der Waals surface area contributed by atoms with Crippen LogP contribution in [0.3, 0.4) is 0 Å². The summed E-state index contributed by atoms with van der Waals surface area (Å²) in [7, 11) is 4.18. The predicted molar refractivity (Wildman–Crippen MR) is 81.8 cm³/mol. The fourth-order valence-electron chi connectivity index (χ4n) is 2.45. The summed E-state index contributed by atoms with van der Waals surface area (Å²) in [6.45, 7) is 13.7. The van der Waals surface area contributed by atoms with Gasteiger partial charge in [0.15, 0.2) is 0 Å². The first-order valence-corrected chi connectivity index (χ1v) is 7.83. The lowest BCUT2D eigenvalue weighted by molar-refractivity contribution is 0.0439. The van der Waals surface area contributed by atoms with Gasteiger partial charge in [0, 0.05) is 26.2 Å². The van der Waals surface area contributed by atoms with Crippen molar-refractivity contribution in [3.63, 3.8) is 0 Å². The van der Waals surface area contributed by atoms with Gasteiger partial charge in [0.05, 0.1) is 12.7 Å². The number of hydrogen-bond donors (Lipinski definition) is 0. The molecule has 0 aromatic carbocycles. The Balaban J connectivity index is 2.10. The Morgan fingerprint density at radius 3 is 2.47 bits per heavy atom. The first-order chi connectivity index (χ1) is 9.11. The van der Waals surface area contributed by atoms with Crippen LogP contribution >= 0.6 is 0 Å². The molecule has 0 aromatic heterocycles. The van der Waals surface area contributed by atoms with E-state index in [1.165, 1.54) is 45.7 Å². The maximum atomic E-state index is 5.84. The van der Waals surface area contributed by atoms with Gasteiger partial charge in [-0.25, -0.2) is 0 Å². The van der Waals surface area contributed by atoms with Crippen molar-refractivity contribution in [1.29, 1.82) is 0 Å². The summed E-state index contributed by atoms with van der Waals surface area (Å²) in [5.41, 5.74) is 0. The van der Waals surface area contributed by atoms with Gasteiger partial charge in [-0.15, -0.1) is 0 Å². The van der Waals surface area contributed by atoms with Crippen LogP contribution in [-0.2, 0) is 4.74 Å². The highest BCUT2D eigenvalue weighted by Crippen LogP contribution is 2.06. The molecular formula is C15H33N3O. The van der Waals surface area contributed by atoms with Crippen molar-refractivity contribution in [2.24, 2.45) is 0 Å². The van der Waals surface area contributed by atoms with Crippen LogP contribution < -0.4 is 0 Å². The lowest BCUT2D eigenvalue weighted by Gasteiger charge is -2.23. The maximum absolute atomic E-state index is 5.84. The van der Waals surface area contributed by atoms with Gasteiger partial charge >= 0.3 is 0 Å². The Morgan fingerprint density at radius 1 is 1.11 bits per heavy atom. The normalized spacial score (nSPS) is 20.7. The SMILES string of the molecule is CCN1CCCN(CCC(C)OCCN(C)C)CC1. The molecule has 0 amide bonds. The van der Waals surface area contributed by atoms with E-state index in [0.717, 1.165) is 19.6 Å². The van der Waals surface area contributed by atoms with Gasteiger partial charge in [0.2, 0.25) is 0 Å². The topological polar surface area (TPSA) is 19.0 Å². The van der Waals surface area contributed by atoms with Crippen LogP contribution in [0.4, 0.5) is 0 Å². The zero-order valence-corrected chi connectivity index (χ0v) is 13.4. The molecule has 1 saturated heterocycles. The maximum Gasteiger partial charge on any atom is 0.0596 e. The average Bonchev–Trinajstić information content (AvgIpc) is 2.61. The van der Waals surface area contributed by atoms with E-state index in [-0.39, 0.29) is 0 Å². The second-order valence-corrected chi connectivity index (χ2v) is 5.90. The van der Waals surface area contributed by atoms with Crippen LogP contribution in [0.15, 0.2) is 0 Å². The Labute approximate surface area is 119 Å². The summed E-state index contributed by atoms with van der Waals surface area (Å²) >= 11 is 0. The fourth-order valence-corrected chi connectivity index (χ4v) is 2.45. The minimum Gasteiger partial charge on any atom is -0.377 e. The molecule has 0 radical (unpaired) electrons. The molecule has 19 heavy (non-hydrogen) atoms. The van der Waals surface area contributed by atoms with E-state index in [1.807, 2.05) is 0 Å². The third-order valence-corrected chi connectivity index (χ3v) is 3.92. The van der Waals surface area contributed by atoms with Crippen molar-refractivity contribution in [2.75, 3.05) is 66.5 Å². The summed E-state index contributed by atoms with van der Waals surface area (Å²) < 4.78 is 5.84. The zero-order chi connectivity index (χ0) is 14.1. The molecule has 0 saturated carbocycles. The molecular weight excluding hydrogens is 238 g/mol. The molecule has 1 aliphatic rings. The summed E-state index contributed by atoms with van der Waals surface area (Å²) in [6, 6.07) is 0. The molecule has 0 aromatic rings. The highest BCUT2D eigenvalue weighted by Gasteiger charge is 2.14. The van der Waals surface area contributed by atoms with Gasteiger partial charge < -0.3 is 19.4 Å². The summed E-state index contributed by atoms with van der Waals surface area (Å²) in [6.07, 6.45) is 2.84. The van der Waals surface area contributed by atoms with Gasteiger partial charge in [-0.2, -0.15) is 0 Å². The number of nitrogens with zero attached hydrogens (tertiary/aromatic N) is 3. The van der Waals surface area contributed by atoms with E-state index in [4.69, 9.17) is 4.74 Å².